The Labute approximate surface area is 104 Å². The van der Waals surface area contributed by atoms with Crippen LogP contribution in [0.5, 0.6) is 5.75 Å². The smallest absolute Gasteiger partial charge is 0.122 e. The molecule has 0 radical (unpaired) electrons. The highest BCUT2D eigenvalue weighted by Gasteiger charge is 2.32. The Balaban J connectivity index is 2.29. The van der Waals surface area contributed by atoms with E-state index in [9.17, 15) is 0 Å². The van der Waals surface area contributed by atoms with Crippen molar-refractivity contribution >= 4 is 0 Å². The lowest BCUT2D eigenvalue weighted by Crippen LogP contribution is -2.35. The zero-order chi connectivity index (χ0) is 12.5. The molecule has 0 amide bonds. The van der Waals surface area contributed by atoms with Gasteiger partial charge in [-0.1, -0.05) is 26.0 Å². The van der Waals surface area contributed by atoms with Gasteiger partial charge in [0.25, 0.3) is 0 Å². The Morgan fingerprint density at radius 3 is 2.82 bits per heavy atom. The highest BCUT2D eigenvalue weighted by molar-refractivity contribution is 5.42. The van der Waals surface area contributed by atoms with Crippen molar-refractivity contribution in [1.29, 1.82) is 0 Å². The summed E-state index contributed by atoms with van der Waals surface area (Å²) in [5, 5.41) is 0. The van der Waals surface area contributed by atoms with E-state index in [1.54, 1.807) is 7.11 Å². The lowest BCUT2D eigenvalue weighted by atomic mass is 9.69. The van der Waals surface area contributed by atoms with Crippen LogP contribution < -0.4 is 10.5 Å². The Kier molecular flexibility index (Phi) is 3.43. The van der Waals surface area contributed by atoms with E-state index >= 15 is 0 Å². The Morgan fingerprint density at radius 1 is 1.41 bits per heavy atom. The van der Waals surface area contributed by atoms with E-state index in [0.29, 0.717) is 5.92 Å². The topological polar surface area (TPSA) is 35.2 Å². The molecule has 17 heavy (non-hydrogen) atoms. The molecule has 1 aromatic carbocycles. The van der Waals surface area contributed by atoms with E-state index < -0.39 is 0 Å². The van der Waals surface area contributed by atoms with Crippen molar-refractivity contribution in [1.82, 2.24) is 0 Å². The van der Waals surface area contributed by atoms with Crippen LogP contribution in [0, 0.1) is 11.3 Å². The number of aryl methyl sites for hydroxylation is 1. The van der Waals surface area contributed by atoms with Crippen LogP contribution in [0.4, 0.5) is 0 Å². The summed E-state index contributed by atoms with van der Waals surface area (Å²) >= 11 is 0. The maximum absolute atomic E-state index is 5.90. The van der Waals surface area contributed by atoms with Gasteiger partial charge in [0, 0.05) is 0 Å². The average molecular weight is 233 g/mol. The summed E-state index contributed by atoms with van der Waals surface area (Å²) in [6.07, 6.45) is 3.49. The molecule has 2 heteroatoms. The van der Waals surface area contributed by atoms with Gasteiger partial charge in [-0.3, -0.25) is 0 Å². The molecule has 2 N–H and O–H groups in total. The lowest BCUT2D eigenvalue weighted by Gasteiger charge is -2.37. The molecule has 0 spiro atoms. The zero-order valence-corrected chi connectivity index (χ0v) is 11.1. The summed E-state index contributed by atoms with van der Waals surface area (Å²) in [6, 6.07) is 6.38. The van der Waals surface area contributed by atoms with Gasteiger partial charge in [-0.25, -0.2) is 0 Å². The normalized spacial score (nSPS) is 19.9. The first-order chi connectivity index (χ1) is 8.08. The van der Waals surface area contributed by atoms with Crippen molar-refractivity contribution < 1.29 is 4.74 Å². The molecule has 0 bridgehead atoms. The van der Waals surface area contributed by atoms with Gasteiger partial charge in [-0.2, -0.15) is 0 Å². The van der Waals surface area contributed by atoms with Gasteiger partial charge in [0.1, 0.15) is 5.75 Å². The third kappa shape index (κ3) is 2.32. The van der Waals surface area contributed by atoms with Crippen molar-refractivity contribution in [3.63, 3.8) is 0 Å². The summed E-state index contributed by atoms with van der Waals surface area (Å²) in [4.78, 5) is 0. The van der Waals surface area contributed by atoms with Crippen LogP contribution in [0.1, 0.15) is 31.4 Å². The monoisotopic (exact) mass is 233 g/mol. The molecule has 0 saturated carbocycles. The molecule has 0 saturated heterocycles. The fraction of sp³-hybridized carbons (Fsp3) is 0.600. The van der Waals surface area contributed by atoms with Gasteiger partial charge < -0.3 is 10.5 Å². The maximum Gasteiger partial charge on any atom is 0.122 e. The number of fused-ring (bicyclic) bond motifs is 1. The summed E-state index contributed by atoms with van der Waals surface area (Å²) < 4.78 is 5.48. The fourth-order valence-corrected chi connectivity index (χ4v) is 2.78. The number of nitrogens with two attached hydrogens (primary N) is 1. The van der Waals surface area contributed by atoms with Gasteiger partial charge in [0.15, 0.2) is 0 Å². The SMILES string of the molecule is COc1cccc2c1CC(C(C)(C)CN)CC2. The molecule has 1 atom stereocenters. The van der Waals surface area contributed by atoms with Crippen LogP contribution in [-0.4, -0.2) is 13.7 Å². The average Bonchev–Trinajstić information content (AvgIpc) is 2.37. The molecule has 0 fully saturated rings. The first-order valence-corrected chi connectivity index (χ1v) is 6.43. The van der Waals surface area contributed by atoms with Crippen LogP contribution in [0.3, 0.4) is 0 Å². The van der Waals surface area contributed by atoms with Crippen LogP contribution in [0.15, 0.2) is 18.2 Å². The predicted molar refractivity (Wildman–Crippen MR) is 71.3 cm³/mol. The lowest BCUT2D eigenvalue weighted by molar-refractivity contribution is 0.198. The van der Waals surface area contributed by atoms with Crippen LogP contribution in [0.2, 0.25) is 0 Å². The molecule has 1 aromatic rings. The molecule has 1 aliphatic rings. The van der Waals surface area contributed by atoms with Crippen LogP contribution in [0.25, 0.3) is 0 Å². The summed E-state index contributed by atoms with van der Waals surface area (Å²) in [5.41, 5.74) is 8.97. The van der Waals surface area contributed by atoms with Gasteiger partial charge in [0.05, 0.1) is 7.11 Å². The second-order valence-electron chi connectivity index (χ2n) is 5.73. The molecule has 2 nitrogen and oxygen atoms in total. The van der Waals surface area contributed by atoms with Crippen molar-refractivity contribution in [3.8, 4) is 5.75 Å². The highest BCUT2D eigenvalue weighted by Crippen LogP contribution is 2.39. The second-order valence-corrected chi connectivity index (χ2v) is 5.73. The van der Waals surface area contributed by atoms with Crippen molar-refractivity contribution in [2.45, 2.75) is 33.1 Å². The largest absolute Gasteiger partial charge is 0.496 e. The second kappa shape index (κ2) is 4.69. The Bertz CT molecular complexity index is 384. The molecule has 1 aliphatic carbocycles. The van der Waals surface area contributed by atoms with E-state index in [1.165, 1.54) is 17.5 Å². The van der Waals surface area contributed by atoms with Gasteiger partial charge in [0.2, 0.25) is 0 Å². The standard InChI is InChI=1S/C15H23NO/c1-15(2,10-16)12-8-7-11-5-4-6-14(17-3)13(11)9-12/h4-6,12H,7-10,16H2,1-3H3. The molecule has 94 valence electrons. The van der Waals surface area contributed by atoms with Gasteiger partial charge >= 0.3 is 0 Å². The molecular formula is C15H23NO. The number of ether oxygens (including phenoxy) is 1. The van der Waals surface area contributed by atoms with E-state index in [0.717, 1.165) is 25.1 Å². The predicted octanol–water partition coefficient (Wildman–Crippen LogP) is 2.79. The highest BCUT2D eigenvalue weighted by atomic mass is 16.5. The van der Waals surface area contributed by atoms with E-state index in [1.807, 2.05) is 0 Å². The van der Waals surface area contributed by atoms with Crippen molar-refractivity contribution in [2.75, 3.05) is 13.7 Å². The fourth-order valence-electron chi connectivity index (χ4n) is 2.78. The zero-order valence-electron chi connectivity index (χ0n) is 11.1. The van der Waals surface area contributed by atoms with Crippen LogP contribution in [-0.2, 0) is 12.8 Å². The quantitative estimate of drug-likeness (QED) is 0.871. The number of rotatable bonds is 3. The summed E-state index contributed by atoms with van der Waals surface area (Å²) in [5.74, 6) is 1.70. The van der Waals surface area contributed by atoms with E-state index in [4.69, 9.17) is 10.5 Å². The number of benzene rings is 1. The maximum atomic E-state index is 5.90. The molecular weight excluding hydrogens is 210 g/mol. The van der Waals surface area contributed by atoms with E-state index in [2.05, 4.69) is 32.0 Å². The van der Waals surface area contributed by atoms with Gasteiger partial charge in [-0.05, 0) is 54.3 Å². The summed E-state index contributed by atoms with van der Waals surface area (Å²) in [6.45, 7) is 5.30. The third-order valence-electron chi connectivity index (χ3n) is 4.29. The van der Waals surface area contributed by atoms with E-state index in [-0.39, 0.29) is 5.41 Å². The minimum Gasteiger partial charge on any atom is -0.496 e. The first kappa shape index (κ1) is 12.4. The minimum atomic E-state index is 0.221. The minimum absolute atomic E-state index is 0.221. The van der Waals surface area contributed by atoms with Gasteiger partial charge in [-0.15, -0.1) is 0 Å². The first-order valence-electron chi connectivity index (χ1n) is 6.43. The van der Waals surface area contributed by atoms with Crippen LogP contribution >= 0.6 is 0 Å². The van der Waals surface area contributed by atoms with Crippen molar-refractivity contribution in [3.05, 3.63) is 29.3 Å². The Hall–Kier alpha value is -1.02. The number of methoxy groups -OCH3 is 1. The number of hydrogen-bond acceptors (Lipinski definition) is 2. The molecule has 0 heterocycles. The molecule has 1 unspecified atom stereocenters. The third-order valence-corrected chi connectivity index (χ3v) is 4.29. The summed E-state index contributed by atoms with van der Waals surface area (Å²) in [7, 11) is 1.76. The molecule has 2 rings (SSSR count). The number of hydrogen-bond donors (Lipinski definition) is 1. The molecule has 0 aliphatic heterocycles. The van der Waals surface area contributed by atoms with Crippen molar-refractivity contribution in [2.24, 2.45) is 17.1 Å². The Morgan fingerprint density at radius 2 is 2.18 bits per heavy atom. The molecule has 0 aromatic heterocycles.